The van der Waals surface area contributed by atoms with Gasteiger partial charge >= 0.3 is 18.4 Å². The van der Waals surface area contributed by atoms with Crippen molar-refractivity contribution in [1.82, 2.24) is 15.3 Å². The first-order valence-corrected chi connectivity index (χ1v) is 8.00. The number of halogens is 6. The highest BCUT2D eigenvalue weighted by Gasteiger charge is 2.42. The minimum absolute atomic E-state index is 0.0204. The molecule has 0 aromatic heterocycles. The molecule has 1 N–H and O–H groups in total. The normalized spacial score (nSPS) is 18.5. The van der Waals surface area contributed by atoms with E-state index in [1.54, 1.807) is 0 Å². The van der Waals surface area contributed by atoms with Crippen molar-refractivity contribution in [2.45, 2.75) is 24.9 Å². The lowest BCUT2D eigenvalue weighted by Crippen LogP contribution is -2.44. The molecular weight excluding hydrogens is 418 g/mol. The number of likely N-dealkylation sites (N-methyl/N-ethyl adjacent to an activating group) is 1. The van der Waals surface area contributed by atoms with Crippen molar-refractivity contribution in [3.63, 3.8) is 0 Å². The highest BCUT2D eigenvalue weighted by atomic mass is 32.1. The fourth-order valence-corrected chi connectivity index (χ4v) is 2.61. The van der Waals surface area contributed by atoms with Crippen LogP contribution in [0.5, 0.6) is 0 Å². The zero-order valence-electron chi connectivity index (χ0n) is 14.9. The molecule has 14 heteroatoms. The van der Waals surface area contributed by atoms with Crippen molar-refractivity contribution >= 4 is 30.0 Å². The maximum Gasteiger partial charge on any atom is 0.435 e. The van der Waals surface area contributed by atoms with Crippen LogP contribution in [0.2, 0.25) is 0 Å². The Bertz CT molecular complexity index is 638. The minimum atomic E-state index is -4.94. The van der Waals surface area contributed by atoms with Gasteiger partial charge in [0.1, 0.15) is 11.1 Å². The summed E-state index contributed by atoms with van der Waals surface area (Å²) in [7, 11) is 2.49. The van der Waals surface area contributed by atoms with Gasteiger partial charge in [0.25, 0.3) is 0 Å². The predicted octanol–water partition coefficient (Wildman–Crippen LogP) is 2.64. The third kappa shape index (κ3) is 7.14. The molecule has 1 atom stereocenters. The molecule has 0 bridgehead atoms. The molecule has 1 fully saturated rings. The summed E-state index contributed by atoms with van der Waals surface area (Å²) in [6, 6.07) is 0. The van der Waals surface area contributed by atoms with E-state index in [-0.39, 0.29) is 11.6 Å². The van der Waals surface area contributed by atoms with E-state index in [9.17, 15) is 31.1 Å². The third-order valence-corrected chi connectivity index (χ3v) is 3.63. The Labute approximate surface area is 161 Å². The van der Waals surface area contributed by atoms with Gasteiger partial charge in [-0.2, -0.15) is 26.3 Å². The molecule has 160 valence electrons. The monoisotopic (exact) mass is 436 g/mol. The molecule has 0 aromatic carbocycles. The molecule has 0 saturated carbocycles. The van der Waals surface area contributed by atoms with Crippen molar-refractivity contribution in [1.29, 1.82) is 0 Å². The van der Waals surface area contributed by atoms with Gasteiger partial charge in [-0.1, -0.05) is 12.2 Å². The van der Waals surface area contributed by atoms with E-state index in [0.29, 0.717) is 4.90 Å². The summed E-state index contributed by atoms with van der Waals surface area (Å²) >= 11 is 4.89. The number of thiocarbonyl (C=S) groups is 1. The molecule has 1 saturated heterocycles. The van der Waals surface area contributed by atoms with E-state index < -0.39 is 55.5 Å². The SMILES string of the molecule is C=N/C(=C(/CN1CC(CC(F)(F)F)OC1=O)N(C)NC(=S)COC)C(F)(F)F. The minimum Gasteiger partial charge on any atom is -0.444 e. The number of allylic oxidation sites excluding steroid dienone is 1. The van der Waals surface area contributed by atoms with Gasteiger partial charge in [0.05, 0.1) is 31.8 Å². The number of aliphatic imine (C=N–C) groups is 1. The number of carbonyl (C=O) groups excluding carboxylic acids is 1. The lowest BCUT2D eigenvalue weighted by Gasteiger charge is -2.29. The van der Waals surface area contributed by atoms with Gasteiger partial charge in [0.2, 0.25) is 0 Å². The molecule has 1 heterocycles. The Hall–Kier alpha value is -2.09. The fraction of sp³-hybridized carbons (Fsp3) is 0.643. The van der Waals surface area contributed by atoms with Crippen molar-refractivity contribution in [2.24, 2.45) is 4.99 Å². The summed E-state index contributed by atoms with van der Waals surface area (Å²) in [6.07, 6.45) is -13.6. The van der Waals surface area contributed by atoms with Crippen LogP contribution in [0.4, 0.5) is 31.1 Å². The molecule has 1 unspecified atom stereocenters. The predicted molar refractivity (Wildman–Crippen MR) is 90.5 cm³/mol. The quantitative estimate of drug-likeness (QED) is 0.273. The number of alkyl halides is 6. The summed E-state index contributed by atoms with van der Waals surface area (Å²) in [6.45, 7) is 1.50. The highest BCUT2D eigenvalue weighted by Crippen LogP contribution is 2.31. The lowest BCUT2D eigenvalue weighted by molar-refractivity contribution is -0.149. The van der Waals surface area contributed by atoms with Gasteiger partial charge in [-0.05, 0) is 6.72 Å². The Morgan fingerprint density at radius 2 is 2.04 bits per heavy atom. The van der Waals surface area contributed by atoms with Gasteiger partial charge < -0.3 is 9.47 Å². The highest BCUT2D eigenvalue weighted by molar-refractivity contribution is 7.80. The number of nitrogens with one attached hydrogen (secondary N) is 1. The first-order chi connectivity index (χ1) is 12.8. The van der Waals surface area contributed by atoms with E-state index in [2.05, 4.69) is 21.9 Å². The van der Waals surface area contributed by atoms with Crippen LogP contribution in [0.15, 0.2) is 16.4 Å². The largest absolute Gasteiger partial charge is 0.444 e. The molecule has 0 spiro atoms. The number of hydrazine groups is 1. The molecule has 0 aromatic rings. The average molecular weight is 436 g/mol. The third-order valence-electron chi connectivity index (χ3n) is 3.42. The maximum atomic E-state index is 13.3. The number of carbonyl (C=O) groups is 1. The van der Waals surface area contributed by atoms with Crippen molar-refractivity contribution in [3.8, 4) is 0 Å². The zero-order chi connectivity index (χ0) is 21.7. The summed E-state index contributed by atoms with van der Waals surface area (Å²) in [4.78, 5) is 15.5. The molecule has 0 aliphatic carbocycles. The van der Waals surface area contributed by atoms with E-state index in [1.807, 2.05) is 0 Å². The molecule has 1 amide bonds. The maximum absolute atomic E-state index is 13.3. The Morgan fingerprint density at radius 1 is 1.43 bits per heavy atom. The fourth-order valence-electron chi connectivity index (χ4n) is 2.35. The van der Waals surface area contributed by atoms with Crippen LogP contribution in [-0.2, 0) is 9.47 Å². The smallest absolute Gasteiger partial charge is 0.435 e. The second-order valence-electron chi connectivity index (χ2n) is 5.68. The lowest BCUT2D eigenvalue weighted by atomic mass is 10.2. The Balaban J connectivity index is 3.10. The molecule has 0 radical (unpaired) electrons. The number of hydrogen-bond acceptors (Lipinski definition) is 6. The number of hydrogen-bond donors (Lipinski definition) is 1. The second kappa shape index (κ2) is 9.41. The summed E-state index contributed by atoms with van der Waals surface area (Å²) in [5.74, 6) is 0. The topological polar surface area (TPSA) is 66.4 Å². The van der Waals surface area contributed by atoms with Gasteiger partial charge in [0.15, 0.2) is 5.70 Å². The zero-order valence-corrected chi connectivity index (χ0v) is 15.7. The van der Waals surface area contributed by atoms with Crippen LogP contribution < -0.4 is 5.43 Å². The van der Waals surface area contributed by atoms with Crippen molar-refractivity contribution in [3.05, 3.63) is 11.4 Å². The van der Waals surface area contributed by atoms with Crippen molar-refractivity contribution in [2.75, 3.05) is 33.9 Å². The van der Waals surface area contributed by atoms with Gasteiger partial charge in [0, 0.05) is 14.2 Å². The van der Waals surface area contributed by atoms with E-state index in [4.69, 9.17) is 17.0 Å². The average Bonchev–Trinajstić information content (AvgIpc) is 2.83. The number of nitrogens with zero attached hydrogens (tertiary/aromatic N) is 3. The molecule has 1 rings (SSSR count). The van der Waals surface area contributed by atoms with Crippen LogP contribution >= 0.6 is 12.2 Å². The summed E-state index contributed by atoms with van der Waals surface area (Å²) < 4.78 is 86.6. The number of methoxy groups -OCH3 is 1. The first kappa shape index (κ1) is 23.9. The Kier molecular flexibility index (Phi) is 8.05. The summed E-state index contributed by atoms with van der Waals surface area (Å²) in [5.41, 5.74) is 0.414. The van der Waals surface area contributed by atoms with Crippen LogP contribution in [0, 0.1) is 0 Å². The van der Waals surface area contributed by atoms with Gasteiger partial charge in [-0.3, -0.25) is 20.3 Å². The molecule has 1 aliphatic rings. The number of amides is 1. The number of rotatable bonds is 8. The van der Waals surface area contributed by atoms with Gasteiger partial charge in [-0.25, -0.2) is 4.79 Å². The van der Waals surface area contributed by atoms with Crippen LogP contribution in [0.3, 0.4) is 0 Å². The van der Waals surface area contributed by atoms with Crippen molar-refractivity contribution < 1.29 is 40.6 Å². The molecular formula is C14H18F6N4O3S. The van der Waals surface area contributed by atoms with Gasteiger partial charge in [-0.15, -0.1) is 0 Å². The van der Waals surface area contributed by atoms with E-state index in [1.165, 1.54) is 14.2 Å². The van der Waals surface area contributed by atoms with Crippen LogP contribution in [-0.4, -0.2) is 80.0 Å². The molecule has 1 aliphatic heterocycles. The number of ether oxygens (including phenoxy) is 2. The Morgan fingerprint density at radius 3 is 2.50 bits per heavy atom. The van der Waals surface area contributed by atoms with E-state index in [0.717, 1.165) is 5.01 Å². The molecule has 28 heavy (non-hydrogen) atoms. The summed E-state index contributed by atoms with van der Waals surface area (Å²) in [5, 5.41) is 0.850. The standard InChI is InChI=1S/C14H18F6N4O3S/c1-21-11(14(18,19)20)9(23(2)22-10(28)7-26-3)6-24-5-8(27-12(24)25)4-13(15,16)17/h8H,1,4-7H2,2-3H3,(H,22,28)/b11-9-. The molecule has 7 nitrogen and oxygen atoms in total. The van der Waals surface area contributed by atoms with Crippen LogP contribution in [0.1, 0.15) is 6.42 Å². The first-order valence-electron chi connectivity index (χ1n) is 7.60. The van der Waals surface area contributed by atoms with E-state index >= 15 is 0 Å². The van der Waals surface area contributed by atoms with Crippen LogP contribution in [0.25, 0.3) is 0 Å². The second-order valence-corrected chi connectivity index (χ2v) is 6.18. The number of cyclic esters (lactones) is 1.